The smallest absolute Gasteiger partial charge is 0.319 e. The SMILES string of the molecule is Cc1cccc2[nH]cc(SC(CC(C)C)C(=O)OCC[N+](C)(C)C)c12.[I-]. The molecule has 1 aromatic heterocycles. The molecule has 0 amide bonds. The molecule has 0 bridgehead atoms. The number of aromatic nitrogens is 1. The molecule has 1 atom stereocenters. The predicted octanol–water partition coefficient (Wildman–Crippen LogP) is 1.24. The zero-order valence-electron chi connectivity index (χ0n) is 16.6. The number of aromatic amines is 1. The highest BCUT2D eigenvalue weighted by Gasteiger charge is 2.25. The van der Waals surface area contributed by atoms with Crippen molar-refractivity contribution in [1.29, 1.82) is 0 Å². The molecule has 1 unspecified atom stereocenters. The molecule has 4 nitrogen and oxygen atoms in total. The van der Waals surface area contributed by atoms with Crippen LogP contribution in [-0.4, -0.2) is 55.0 Å². The van der Waals surface area contributed by atoms with Crippen LogP contribution in [-0.2, 0) is 9.53 Å². The van der Waals surface area contributed by atoms with Gasteiger partial charge in [0, 0.05) is 22.0 Å². The number of aryl methyl sites for hydroxylation is 1. The third-order valence-corrected chi connectivity index (χ3v) is 5.35. The number of hydrogen-bond acceptors (Lipinski definition) is 3. The first-order valence-corrected chi connectivity index (χ1v) is 9.76. The van der Waals surface area contributed by atoms with E-state index in [9.17, 15) is 4.79 Å². The van der Waals surface area contributed by atoms with Crippen LogP contribution in [0.5, 0.6) is 0 Å². The number of thioether (sulfide) groups is 1. The van der Waals surface area contributed by atoms with Crippen molar-refractivity contribution >= 4 is 28.6 Å². The Labute approximate surface area is 178 Å². The topological polar surface area (TPSA) is 42.1 Å². The van der Waals surface area contributed by atoms with Crippen LogP contribution in [0.15, 0.2) is 29.3 Å². The van der Waals surface area contributed by atoms with Crippen LogP contribution in [0.2, 0.25) is 0 Å². The number of carbonyl (C=O) groups is 1. The highest BCUT2D eigenvalue weighted by Crippen LogP contribution is 2.35. The Bertz CT molecular complexity index is 722. The number of fused-ring (bicyclic) bond motifs is 1. The first-order valence-electron chi connectivity index (χ1n) is 8.88. The molecule has 0 radical (unpaired) electrons. The van der Waals surface area contributed by atoms with Gasteiger partial charge in [-0.3, -0.25) is 4.79 Å². The van der Waals surface area contributed by atoms with E-state index in [1.807, 2.05) is 12.3 Å². The molecule has 6 heteroatoms. The summed E-state index contributed by atoms with van der Waals surface area (Å²) in [6, 6.07) is 6.23. The van der Waals surface area contributed by atoms with Gasteiger partial charge in [-0.1, -0.05) is 26.0 Å². The number of nitrogens with zero attached hydrogens (tertiary/aromatic N) is 1. The van der Waals surface area contributed by atoms with Crippen LogP contribution < -0.4 is 24.0 Å². The molecule has 1 aromatic carbocycles. The maximum Gasteiger partial charge on any atom is 0.319 e. The molecule has 0 aliphatic carbocycles. The standard InChI is InChI=1S/C20H31N2O2S.HI/c1-14(2)12-17(20(23)24-11-10-22(4,5)6)25-18-13-21-16-9-7-8-15(3)19(16)18;/h7-9,13-14,17,21H,10-12H2,1-6H3;1H/q+1;/p-1. The number of rotatable bonds is 8. The second-order valence-electron chi connectivity index (χ2n) is 8.07. The van der Waals surface area contributed by atoms with Crippen molar-refractivity contribution in [2.24, 2.45) is 5.92 Å². The summed E-state index contributed by atoms with van der Waals surface area (Å²) in [7, 11) is 6.30. The molecule has 2 rings (SSSR count). The number of benzene rings is 1. The summed E-state index contributed by atoms with van der Waals surface area (Å²) in [5, 5.41) is 1.03. The highest BCUT2D eigenvalue weighted by molar-refractivity contribution is 8.00. The molecule has 2 aromatic rings. The van der Waals surface area contributed by atoms with E-state index >= 15 is 0 Å². The van der Waals surface area contributed by atoms with E-state index in [1.165, 1.54) is 10.9 Å². The third-order valence-electron chi connectivity index (χ3n) is 4.10. The van der Waals surface area contributed by atoms with Gasteiger partial charge in [-0.25, -0.2) is 0 Å². The van der Waals surface area contributed by atoms with Crippen molar-refractivity contribution < 1.29 is 38.0 Å². The first-order chi connectivity index (χ1) is 11.7. The summed E-state index contributed by atoms with van der Waals surface area (Å²) in [6.45, 7) is 7.68. The van der Waals surface area contributed by atoms with Crippen molar-refractivity contribution in [3.63, 3.8) is 0 Å². The number of nitrogens with one attached hydrogen (secondary N) is 1. The van der Waals surface area contributed by atoms with Gasteiger partial charge in [0.25, 0.3) is 0 Å². The molecule has 26 heavy (non-hydrogen) atoms. The Hall–Kier alpha value is -0.730. The quantitative estimate of drug-likeness (QED) is 0.262. The van der Waals surface area contributed by atoms with Crippen LogP contribution >= 0.6 is 11.8 Å². The van der Waals surface area contributed by atoms with E-state index in [0.717, 1.165) is 27.9 Å². The van der Waals surface area contributed by atoms with Crippen molar-refractivity contribution in [1.82, 2.24) is 4.98 Å². The molecule has 0 fully saturated rings. The molecule has 1 N–H and O–H groups in total. The number of likely N-dealkylation sites (N-methyl/N-ethyl adjacent to an activating group) is 1. The van der Waals surface area contributed by atoms with Gasteiger partial charge in [-0.15, -0.1) is 11.8 Å². The zero-order chi connectivity index (χ0) is 18.6. The van der Waals surface area contributed by atoms with Crippen LogP contribution in [0.25, 0.3) is 10.9 Å². The Kier molecular flexibility index (Phi) is 8.96. The fraction of sp³-hybridized carbons (Fsp3) is 0.550. The van der Waals surface area contributed by atoms with Gasteiger partial charge in [0.15, 0.2) is 0 Å². The van der Waals surface area contributed by atoms with Crippen molar-refractivity contribution in [3.05, 3.63) is 30.0 Å². The van der Waals surface area contributed by atoms with Crippen molar-refractivity contribution in [3.8, 4) is 0 Å². The van der Waals surface area contributed by atoms with E-state index in [-0.39, 0.29) is 35.2 Å². The second-order valence-corrected chi connectivity index (χ2v) is 9.31. The molecular formula is C20H31IN2O2S. The van der Waals surface area contributed by atoms with Crippen LogP contribution in [0.3, 0.4) is 0 Å². The third kappa shape index (κ3) is 6.78. The van der Waals surface area contributed by atoms with Crippen LogP contribution in [0.4, 0.5) is 0 Å². The number of ether oxygens (including phenoxy) is 1. The van der Waals surface area contributed by atoms with E-state index in [4.69, 9.17) is 4.74 Å². The Morgan fingerprint density at radius 3 is 2.58 bits per heavy atom. The lowest BCUT2D eigenvalue weighted by molar-refractivity contribution is -0.870. The van der Waals surface area contributed by atoms with Gasteiger partial charge < -0.3 is 38.2 Å². The van der Waals surface area contributed by atoms with Gasteiger partial charge in [0.05, 0.1) is 21.1 Å². The lowest BCUT2D eigenvalue weighted by atomic mass is 10.1. The van der Waals surface area contributed by atoms with E-state index < -0.39 is 0 Å². The first kappa shape index (κ1) is 23.3. The van der Waals surface area contributed by atoms with Gasteiger partial charge in [0.1, 0.15) is 18.4 Å². The van der Waals surface area contributed by atoms with Gasteiger partial charge >= 0.3 is 5.97 Å². The summed E-state index contributed by atoms with van der Waals surface area (Å²) in [6.07, 6.45) is 2.82. The number of carbonyl (C=O) groups excluding carboxylic acids is 1. The van der Waals surface area contributed by atoms with Crippen molar-refractivity contribution in [2.75, 3.05) is 34.3 Å². The van der Waals surface area contributed by atoms with Crippen LogP contribution in [0.1, 0.15) is 25.8 Å². The maximum absolute atomic E-state index is 12.7. The molecular weight excluding hydrogens is 459 g/mol. The van der Waals surface area contributed by atoms with Gasteiger partial charge in [-0.05, 0) is 30.9 Å². The average Bonchev–Trinajstić information content (AvgIpc) is 2.89. The Balaban J connectivity index is 0.00000338. The number of hydrogen-bond donors (Lipinski definition) is 1. The summed E-state index contributed by atoms with van der Waals surface area (Å²) in [5.74, 6) is 0.338. The van der Waals surface area contributed by atoms with E-state index in [0.29, 0.717) is 12.5 Å². The Morgan fingerprint density at radius 2 is 1.96 bits per heavy atom. The highest BCUT2D eigenvalue weighted by atomic mass is 127. The summed E-state index contributed by atoms with van der Waals surface area (Å²) in [5.41, 5.74) is 2.34. The number of halogens is 1. The van der Waals surface area contributed by atoms with E-state index in [2.05, 4.69) is 59.0 Å². The normalized spacial score (nSPS) is 12.9. The minimum absolute atomic E-state index is 0. The minimum Gasteiger partial charge on any atom is -1.00 e. The fourth-order valence-electron chi connectivity index (χ4n) is 2.71. The minimum atomic E-state index is -0.175. The summed E-state index contributed by atoms with van der Waals surface area (Å²) < 4.78 is 6.38. The fourth-order valence-corrected chi connectivity index (χ4v) is 4.18. The largest absolute Gasteiger partial charge is 1.00 e. The molecule has 0 saturated heterocycles. The molecule has 0 aliphatic heterocycles. The van der Waals surface area contributed by atoms with Gasteiger partial charge in [0.2, 0.25) is 0 Å². The van der Waals surface area contributed by atoms with Crippen LogP contribution in [0, 0.1) is 12.8 Å². The molecule has 0 saturated carbocycles. The number of esters is 1. The van der Waals surface area contributed by atoms with Crippen molar-refractivity contribution in [2.45, 2.75) is 37.3 Å². The van der Waals surface area contributed by atoms with E-state index in [1.54, 1.807) is 11.8 Å². The summed E-state index contributed by atoms with van der Waals surface area (Å²) >= 11 is 1.62. The van der Waals surface area contributed by atoms with Gasteiger partial charge in [-0.2, -0.15) is 0 Å². The number of quaternary nitrogens is 1. The lowest BCUT2D eigenvalue weighted by Gasteiger charge is -2.24. The molecule has 146 valence electrons. The molecule has 0 aliphatic rings. The number of H-pyrrole nitrogens is 1. The Morgan fingerprint density at radius 1 is 1.27 bits per heavy atom. The zero-order valence-corrected chi connectivity index (χ0v) is 19.6. The predicted molar refractivity (Wildman–Crippen MR) is 106 cm³/mol. The monoisotopic (exact) mass is 490 g/mol. The second kappa shape index (κ2) is 9.99. The lowest BCUT2D eigenvalue weighted by Crippen LogP contribution is -3.00. The molecule has 1 heterocycles. The average molecular weight is 490 g/mol. The summed E-state index contributed by atoms with van der Waals surface area (Å²) in [4.78, 5) is 17.1. The molecule has 0 spiro atoms. The maximum atomic E-state index is 12.7.